The highest BCUT2D eigenvalue weighted by Crippen LogP contribution is 2.16. The highest BCUT2D eigenvalue weighted by atomic mass is 16.4. The maximum absolute atomic E-state index is 12.2. The van der Waals surface area contributed by atoms with E-state index < -0.39 is 11.5 Å². The second kappa shape index (κ2) is 6.23. The van der Waals surface area contributed by atoms with Crippen LogP contribution in [-0.2, 0) is 4.79 Å². The van der Waals surface area contributed by atoms with Crippen molar-refractivity contribution in [3.8, 4) is 0 Å². The lowest BCUT2D eigenvalue weighted by molar-refractivity contribution is -0.147. The van der Waals surface area contributed by atoms with Crippen LogP contribution in [0.3, 0.4) is 0 Å². The first-order chi connectivity index (χ1) is 8.78. The van der Waals surface area contributed by atoms with Gasteiger partial charge in [-0.25, -0.2) is 9.59 Å². The summed E-state index contributed by atoms with van der Waals surface area (Å²) in [5.41, 5.74) is -1.20. The van der Waals surface area contributed by atoms with Gasteiger partial charge in [0.05, 0.1) is 0 Å². The number of amides is 2. The Balaban J connectivity index is 2.66. The summed E-state index contributed by atoms with van der Waals surface area (Å²) < 4.78 is 0. The summed E-state index contributed by atoms with van der Waals surface area (Å²) in [6.45, 7) is 7.11. The molecule has 6 nitrogen and oxygen atoms in total. The number of carbonyl (C=O) groups excluding carboxylic acids is 1. The Morgan fingerprint density at radius 1 is 1.47 bits per heavy atom. The van der Waals surface area contributed by atoms with Gasteiger partial charge in [-0.15, -0.1) is 0 Å². The van der Waals surface area contributed by atoms with Crippen LogP contribution in [0.1, 0.15) is 33.6 Å². The van der Waals surface area contributed by atoms with E-state index in [4.69, 9.17) is 0 Å². The van der Waals surface area contributed by atoms with Crippen molar-refractivity contribution in [1.29, 1.82) is 0 Å². The lowest BCUT2D eigenvalue weighted by Gasteiger charge is -2.37. The maximum atomic E-state index is 12.2. The molecule has 0 aromatic heterocycles. The van der Waals surface area contributed by atoms with Gasteiger partial charge >= 0.3 is 12.0 Å². The predicted octanol–water partition coefficient (Wildman–Crippen LogP) is 0.975. The van der Waals surface area contributed by atoms with Gasteiger partial charge in [0, 0.05) is 19.1 Å². The Morgan fingerprint density at radius 2 is 2.11 bits per heavy atom. The molecule has 0 aliphatic carbocycles. The molecule has 0 radical (unpaired) electrons. The first kappa shape index (κ1) is 15.8. The van der Waals surface area contributed by atoms with Gasteiger partial charge in [-0.2, -0.15) is 0 Å². The van der Waals surface area contributed by atoms with Gasteiger partial charge in [-0.1, -0.05) is 0 Å². The smallest absolute Gasteiger partial charge is 0.329 e. The lowest BCUT2D eigenvalue weighted by atomic mass is 10.0. The molecule has 1 atom stereocenters. The van der Waals surface area contributed by atoms with E-state index in [9.17, 15) is 14.7 Å². The third kappa shape index (κ3) is 3.83. The summed E-state index contributed by atoms with van der Waals surface area (Å²) in [5.74, 6) is -0.995. The highest BCUT2D eigenvalue weighted by Gasteiger charge is 2.37. The molecular weight excluding hydrogens is 246 g/mol. The van der Waals surface area contributed by atoms with Crippen molar-refractivity contribution in [2.45, 2.75) is 45.2 Å². The summed E-state index contributed by atoms with van der Waals surface area (Å²) in [6.07, 6.45) is 2.00. The maximum Gasteiger partial charge on any atom is 0.329 e. The van der Waals surface area contributed by atoms with Crippen LogP contribution in [-0.4, -0.2) is 65.2 Å². The summed E-state index contributed by atoms with van der Waals surface area (Å²) >= 11 is 0. The molecular formula is C13H25N3O3. The van der Waals surface area contributed by atoms with Crippen molar-refractivity contribution < 1.29 is 14.7 Å². The topological polar surface area (TPSA) is 72.9 Å². The predicted molar refractivity (Wildman–Crippen MR) is 73.1 cm³/mol. The number of carboxylic acid groups (broad SMARTS) is 1. The van der Waals surface area contributed by atoms with E-state index in [-0.39, 0.29) is 12.1 Å². The van der Waals surface area contributed by atoms with Gasteiger partial charge in [0.2, 0.25) is 0 Å². The molecule has 19 heavy (non-hydrogen) atoms. The molecule has 2 N–H and O–H groups in total. The van der Waals surface area contributed by atoms with E-state index in [0.29, 0.717) is 6.54 Å². The molecule has 1 saturated heterocycles. The fourth-order valence-electron chi connectivity index (χ4n) is 2.44. The SMILES string of the molecule is CCN(C(=O)NC1CCCN(C)C1)C(C)(C)C(=O)O. The molecule has 110 valence electrons. The lowest BCUT2D eigenvalue weighted by Crippen LogP contribution is -2.59. The zero-order chi connectivity index (χ0) is 14.6. The van der Waals surface area contributed by atoms with Crippen LogP contribution < -0.4 is 5.32 Å². The number of aliphatic carboxylic acids is 1. The number of carboxylic acids is 1. The van der Waals surface area contributed by atoms with E-state index >= 15 is 0 Å². The van der Waals surface area contributed by atoms with Crippen LogP contribution in [0.25, 0.3) is 0 Å². The molecule has 1 aliphatic heterocycles. The normalized spacial score (nSPS) is 20.9. The average Bonchev–Trinajstić information content (AvgIpc) is 2.29. The number of nitrogens with zero attached hydrogens (tertiary/aromatic N) is 2. The summed E-state index contributed by atoms with van der Waals surface area (Å²) in [7, 11) is 2.02. The minimum Gasteiger partial charge on any atom is -0.480 e. The van der Waals surface area contributed by atoms with Crippen molar-refractivity contribution in [3.05, 3.63) is 0 Å². The fourth-order valence-corrected chi connectivity index (χ4v) is 2.44. The van der Waals surface area contributed by atoms with Crippen LogP contribution in [0.5, 0.6) is 0 Å². The number of nitrogens with one attached hydrogen (secondary N) is 1. The summed E-state index contributed by atoms with van der Waals surface area (Å²) in [4.78, 5) is 27.0. The number of likely N-dealkylation sites (N-methyl/N-ethyl adjacent to an activating group) is 2. The third-order valence-corrected chi connectivity index (χ3v) is 3.71. The van der Waals surface area contributed by atoms with Gasteiger partial charge < -0.3 is 20.2 Å². The van der Waals surface area contributed by atoms with Crippen molar-refractivity contribution in [1.82, 2.24) is 15.1 Å². The van der Waals surface area contributed by atoms with Crippen LogP contribution >= 0.6 is 0 Å². The van der Waals surface area contributed by atoms with Crippen LogP contribution in [0.2, 0.25) is 0 Å². The molecule has 1 fully saturated rings. The Hall–Kier alpha value is -1.30. The molecule has 0 spiro atoms. The van der Waals surface area contributed by atoms with Gasteiger partial charge in [-0.05, 0) is 47.2 Å². The quantitative estimate of drug-likeness (QED) is 0.799. The minimum absolute atomic E-state index is 0.102. The number of rotatable bonds is 4. The summed E-state index contributed by atoms with van der Waals surface area (Å²) in [6, 6.07) is -0.194. The van der Waals surface area contributed by atoms with Gasteiger partial charge in [-0.3, -0.25) is 0 Å². The van der Waals surface area contributed by atoms with E-state index in [1.807, 2.05) is 7.05 Å². The number of hydrogen-bond acceptors (Lipinski definition) is 3. The molecule has 0 aromatic rings. The molecule has 0 bridgehead atoms. The molecule has 1 unspecified atom stereocenters. The number of hydrogen-bond donors (Lipinski definition) is 2. The monoisotopic (exact) mass is 271 g/mol. The Labute approximate surface area is 114 Å². The second-order valence-electron chi connectivity index (χ2n) is 5.66. The van der Waals surface area contributed by atoms with Gasteiger partial charge in [0.25, 0.3) is 0 Å². The van der Waals surface area contributed by atoms with Crippen molar-refractivity contribution in [2.75, 3.05) is 26.7 Å². The van der Waals surface area contributed by atoms with E-state index in [1.54, 1.807) is 20.8 Å². The van der Waals surface area contributed by atoms with Gasteiger partial charge in [0.1, 0.15) is 5.54 Å². The van der Waals surface area contributed by atoms with Crippen molar-refractivity contribution >= 4 is 12.0 Å². The Morgan fingerprint density at radius 3 is 2.58 bits per heavy atom. The number of piperidine rings is 1. The number of carbonyl (C=O) groups is 2. The number of likely N-dealkylation sites (tertiary alicyclic amines) is 1. The molecule has 0 saturated carbocycles. The van der Waals surface area contributed by atoms with E-state index in [1.165, 1.54) is 4.90 Å². The van der Waals surface area contributed by atoms with Crippen molar-refractivity contribution in [2.24, 2.45) is 0 Å². The Kier molecular flexibility index (Phi) is 5.17. The highest BCUT2D eigenvalue weighted by molar-refractivity contribution is 5.85. The van der Waals surface area contributed by atoms with Crippen LogP contribution in [0.4, 0.5) is 4.79 Å². The first-order valence-electron chi connectivity index (χ1n) is 6.79. The minimum atomic E-state index is -1.20. The van der Waals surface area contributed by atoms with Crippen molar-refractivity contribution in [3.63, 3.8) is 0 Å². The average molecular weight is 271 g/mol. The molecule has 6 heteroatoms. The molecule has 1 rings (SSSR count). The van der Waals surface area contributed by atoms with E-state index in [0.717, 1.165) is 25.9 Å². The molecule has 1 heterocycles. The largest absolute Gasteiger partial charge is 0.480 e. The zero-order valence-electron chi connectivity index (χ0n) is 12.3. The van der Waals surface area contributed by atoms with Crippen LogP contribution in [0.15, 0.2) is 0 Å². The number of urea groups is 1. The third-order valence-electron chi connectivity index (χ3n) is 3.71. The molecule has 2 amide bonds. The standard InChI is InChI=1S/C13H25N3O3/c1-5-16(13(2,3)11(17)18)12(19)14-10-7-6-8-15(4)9-10/h10H,5-9H2,1-4H3,(H,14,19)(H,17,18). The van der Waals surface area contributed by atoms with Gasteiger partial charge in [0.15, 0.2) is 0 Å². The van der Waals surface area contributed by atoms with Crippen LogP contribution in [0, 0.1) is 0 Å². The Bertz CT molecular complexity index is 344. The molecule has 0 aromatic carbocycles. The zero-order valence-corrected chi connectivity index (χ0v) is 12.3. The fraction of sp³-hybridized carbons (Fsp3) is 0.846. The first-order valence-corrected chi connectivity index (χ1v) is 6.79. The summed E-state index contributed by atoms with van der Waals surface area (Å²) in [5, 5.41) is 12.2. The van der Waals surface area contributed by atoms with E-state index in [2.05, 4.69) is 10.2 Å². The second-order valence-corrected chi connectivity index (χ2v) is 5.66. The molecule has 1 aliphatic rings.